The normalized spacial score (nSPS) is 13.7. The van der Waals surface area contributed by atoms with Gasteiger partial charge in [0.1, 0.15) is 11.5 Å². The van der Waals surface area contributed by atoms with Crippen LogP contribution in [-0.4, -0.2) is 12.6 Å². The SMILES string of the molecule is C=C(C)c1ccc(OCC(C)CC(=C)c2ccc3c(c2)C(=C)OC3=O)cc1. The summed E-state index contributed by atoms with van der Waals surface area (Å²) in [5.74, 6) is 1.21. The number of esters is 1. The molecule has 1 aliphatic heterocycles. The summed E-state index contributed by atoms with van der Waals surface area (Å²) in [6.45, 7) is 16.6. The van der Waals surface area contributed by atoms with Gasteiger partial charge in [-0.15, -0.1) is 0 Å². The van der Waals surface area contributed by atoms with Crippen LogP contribution in [0.25, 0.3) is 16.9 Å². The molecular formula is C24H24O3. The maximum atomic E-state index is 11.7. The Kier molecular flexibility index (Phi) is 5.31. The van der Waals surface area contributed by atoms with Crippen molar-refractivity contribution in [2.45, 2.75) is 20.3 Å². The van der Waals surface area contributed by atoms with Crippen LogP contribution < -0.4 is 4.74 Å². The third kappa shape index (κ3) is 4.20. The van der Waals surface area contributed by atoms with Crippen molar-refractivity contribution in [2.75, 3.05) is 6.61 Å². The van der Waals surface area contributed by atoms with Crippen LogP contribution in [0.5, 0.6) is 5.75 Å². The first-order valence-electron chi connectivity index (χ1n) is 8.97. The summed E-state index contributed by atoms with van der Waals surface area (Å²) in [6, 6.07) is 13.6. The second-order valence-corrected chi connectivity index (χ2v) is 7.10. The molecule has 0 N–H and O–H groups in total. The highest BCUT2D eigenvalue weighted by atomic mass is 16.5. The minimum atomic E-state index is -0.341. The van der Waals surface area contributed by atoms with E-state index < -0.39 is 0 Å². The largest absolute Gasteiger partial charge is 0.493 e. The predicted octanol–water partition coefficient (Wildman–Crippen LogP) is 5.98. The first-order chi connectivity index (χ1) is 12.8. The van der Waals surface area contributed by atoms with Gasteiger partial charge in [-0.05, 0) is 60.2 Å². The lowest BCUT2D eigenvalue weighted by molar-refractivity contribution is 0.0716. The molecule has 0 radical (unpaired) electrons. The van der Waals surface area contributed by atoms with E-state index in [0.29, 0.717) is 23.8 Å². The number of cyclic esters (lactones) is 1. The molecule has 3 rings (SSSR count). The average Bonchev–Trinajstić information content (AvgIpc) is 2.94. The molecule has 1 atom stereocenters. The maximum Gasteiger partial charge on any atom is 0.344 e. The van der Waals surface area contributed by atoms with E-state index in [2.05, 4.69) is 26.7 Å². The molecule has 138 valence electrons. The smallest absolute Gasteiger partial charge is 0.344 e. The van der Waals surface area contributed by atoms with Gasteiger partial charge in [-0.25, -0.2) is 4.79 Å². The van der Waals surface area contributed by atoms with Crippen molar-refractivity contribution in [1.29, 1.82) is 0 Å². The minimum absolute atomic E-state index is 0.299. The lowest BCUT2D eigenvalue weighted by Gasteiger charge is -2.15. The lowest BCUT2D eigenvalue weighted by atomic mass is 9.94. The first-order valence-corrected chi connectivity index (χ1v) is 8.97. The molecule has 1 heterocycles. The van der Waals surface area contributed by atoms with Crippen LogP contribution in [0.4, 0.5) is 0 Å². The van der Waals surface area contributed by atoms with Crippen molar-refractivity contribution in [3.8, 4) is 5.75 Å². The van der Waals surface area contributed by atoms with Crippen molar-refractivity contribution < 1.29 is 14.3 Å². The number of ether oxygens (including phenoxy) is 2. The second kappa shape index (κ2) is 7.67. The third-order valence-corrected chi connectivity index (χ3v) is 4.64. The molecular weight excluding hydrogens is 336 g/mol. The van der Waals surface area contributed by atoms with Crippen molar-refractivity contribution >= 4 is 22.9 Å². The summed E-state index contributed by atoms with van der Waals surface area (Å²) >= 11 is 0. The summed E-state index contributed by atoms with van der Waals surface area (Å²) in [4.78, 5) is 11.7. The topological polar surface area (TPSA) is 35.5 Å². The quantitative estimate of drug-likeness (QED) is 0.570. The fourth-order valence-corrected chi connectivity index (χ4v) is 3.07. The molecule has 0 fully saturated rings. The highest BCUT2D eigenvalue weighted by molar-refractivity contribution is 6.03. The van der Waals surface area contributed by atoms with Gasteiger partial charge < -0.3 is 9.47 Å². The molecule has 0 saturated carbocycles. The Morgan fingerprint density at radius 2 is 1.74 bits per heavy atom. The third-order valence-electron chi connectivity index (χ3n) is 4.64. The highest BCUT2D eigenvalue weighted by Gasteiger charge is 2.25. The fourth-order valence-electron chi connectivity index (χ4n) is 3.07. The molecule has 0 bridgehead atoms. The van der Waals surface area contributed by atoms with Gasteiger partial charge in [0.05, 0.1) is 12.2 Å². The van der Waals surface area contributed by atoms with E-state index in [-0.39, 0.29) is 5.97 Å². The Morgan fingerprint density at radius 3 is 2.41 bits per heavy atom. The summed E-state index contributed by atoms with van der Waals surface area (Å²) in [7, 11) is 0. The summed E-state index contributed by atoms with van der Waals surface area (Å²) in [5.41, 5.74) is 5.45. The molecule has 1 unspecified atom stereocenters. The molecule has 3 nitrogen and oxygen atoms in total. The van der Waals surface area contributed by atoms with Crippen molar-refractivity contribution in [3.05, 3.63) is 84.5 Å². The molecule has 2 aromatic carbocycles. The molecule has 1 aliphatic rings. The number of hydrogen-bond donors (Lipinski definition) is 0. The Balaban J connectivity index is 1.58. The van der Waals surface area contributed by atoms with Gasteiger partial charge in [-0.1, -0.05) is 50.4 Å². The summed E-state index contributed by atoms with van der Waals surface area (Å²) in [5, 5.41) is 0. The lowest BCUT2D eigenvalue weighted by Crippen LogP contribution is -2.09. The first kappa shape index (κ1) is 18.7. The van der Waals surface area contributed by atoms with E-state index in [1.807, 2.05) is 43.3 Å². The summed E-state index contributed by atoms with van der Waals surface area (Å²) in [6.07, 6.45) is 0.796. The Morgan fingerprint density at radius 1 is 1.07 bits per heavy atom. The number of allylic oxidation sites excluding steroid dienone is 2. The Hall–Kier alpha value is -3.07. The van der Waals surface area contributed by atoms with Gasteiger partial charge in [-0.2, -0.15) is 0 Å². The number of rotatable bonds is 7. The fraction of sp³-hybridized carbons (Fsp3) is 0.208. The number of benzene rings is 2. The molecule has 0 aliphatic carbocycles. The molecule has 2 aromatic rings. The number of hydrogen-bond acceptors (Lipinski definition) is 3. The van der Waals surface area contributed by atoms with E-state index in [1.54, 1.807) is 6.07 Å². The highest BCUT2D eigenvalue weighted by Crippen LogP contribution is 2.32. The maximum absolute atomic E-state index is 11.7. The van der Waals surface area contributed by atoms with Gasteiger partial charge in [0.15, 0.2) is 0 Å². The average molecular weight is 360 g/mol. The van der Waals surface area contributed by atoms with Crippen LogP contribution in [0.3, 0.4) is 0 Å². The van der Waals surface area contributed by atoms with Gasteiger partial charge >= 0.3 is 5.97 Å². The van der Waals surface area contributed by atoms with Crippen LogP contribution in [0, 0.1) is 5.92 Å². The zero-order valence-electron chi connectivity index (χ0n) is 15.9. The monoisotopic (exact) mass is 360 g/mol. The minimum Gasteiger partial charge on any atom is -0.493 e. The molecule has 0 amide bonds. The number of carbonyl (C=O) groups is 1. The summed E-state index contributed by atoms with van der Waals surface area (Å²) < 4.78 is 11.0. The van der Waals surface area contributed by atoms with Crippen molar-refractivity contribution in [2.24, 2.45) is 5.92 Å². The predicted molar refractivity (Wildman–Crippen MR) is 110 cm³/mol. The van der Waals surface area contributed by atoms with Crippen molar-refractivity contribution in [3.63, 3.8) is 0 Å². The molecule has 0 saturated heterocycles. The van der Waals surface area contributed by atoms with E-state index in [1.165, 1.54) is 0 Å². The van der Waals surface area contributed by atoms with Crippen LogP contribution in [0.2, 0.25) is 0 Å². The van der Waals surface area contributed by atoms with Crippen LogP contribution in [0.15, 0.2) is 62.2 Å². The zero-order valence-corrected chi connectivity index (χ0v) is 15.9. The van der Waals surface area contributed by atoms with Crippen molar-refractivity contribution in [1.82, 2.24) is 0 Å². The molecule has 0 aromatic heterocycles. The molecule has 0 spiro atoms. The van der Waals surface area contributed by atoms with Crippen LogP contribution in [0.1, 0.15) is 47.3 Å². The zero-order chi connectivity index (χ0) is 19.6. The van der Waals surface area contributed by atoms with E-state index in [4.69, 9.17) is 9.47 Å². The van der Waals surface area contributed by atoms with Gasteiger partial charge in [0.2, 0.25) is 0 Å². The van der Waals surface area contributed by atoms with Gasteiger partial charge in [0.25, 0.3) is 0 Å². The van der Waals surface area contributed by atoms with E-state index in [9.17, 15) is 4.79 Å². The standard InChI is InChI=1S/C24H24O3/c1-15(2)19-6-9-21(10-7-19)26-14-16(3)12-17(4)20-8-11-22-23(13-20)18(5)27-24(22)25/h6-11,13,16H,1,4-5,12,14H2,2-3H3. The number of carbonyl (C=O) groups excluding carboxylic acids is 1. The molecule has 27 heavy (non-hydrogen) atoms. The van der Waals surface area contributed by atoms with E-state index >= 15 is 0 Å². The van der Waals surface area contributed by atoms with Crippen LogP contribution in [-0.2, 0) is 4.74 Å². The van der Waals surface area contributed by atoms with Crippen LogP contribution >= 0.6 is 0 Å². The van der Waals surface area contributed by atoms with Gasteiger partial charge in [0, 0.05) is 5.56 Å². The second-order valence-electron chi connectivity index (χ2n) is 7.10. The van der Waals surface area contributed by atoms with E-state index in [0.717, 1.165) is 40.0 Å². The Labute approximate surface area is 160 Å². The number of fused-ring (bicyclic) bond motifs is 1. The molecule has 3 heteroatoms. The Bertz CT molecular complexity index is 919. The van der Waals surface area contributed by atoms with Gasteiger partial charge in [-0.3, -0.25) is 0 Å².